The van der Waals surface area contributed by atoms with Gasteiger partial charge in [-0.25, -0.2) is 0 Å². The van der Waals surface area contributed by atoms with Crippen LogP contribution < -0.4 is 10.2 Å². The van der Waals surface area contributed by atoms with E-state index in [0.29, 0.717) is 6.67 Å². The second kappa shape index (κ2) is 6.61. The molecule has 5 nitrogen and oxygen atoms in total. The number of anilines is 1. The standard InChI is InChI=1S/C20H29N3O2/c1-15-6-8-16(9-7-15)23-14-21-19(25)20(23)10-12-22(13-11-20)17-4-2-3-5-18(17)24/h6-9,17-18,24H,2-5,10-14H2,1H3,(H,21,25)/t17-,18-/m0/s1. The molecule has 3 aliphatic rings. The molecule has 2 atom stereocenters. The molecule has 2 N–H and O–H groups in total. The van der Waals surface area contributed by atoms with Crippen LogP contribution in [-0.4, -0.2) is 53.4 Å². The van der Waals surface area contributed by atoms with Crippen LogP contribution in [0.2, 0.25) is 0 Å². The predicted molar refractivity (Wildman–Crippen MR) is 98.5 cm³/mol. The van der Waals surface area contributed by atoms with Crippen LogP contribution in [0, 0.1) is 6.92 Å². The fraction of sp³-hybridized carbons (Fsp3) is 0.650. The lowest BCUT2D eigenvalue weighted by molar-refractivity contribution is -0.125. The van der Waals surface area contributed by atoms with Gasteiger partial charge in [-0.05, 0) is 44.7 Å². The van der Waals surface area contributed by atoms with E-state index in [1.54, 1.807) is 0 Å². The zero-order valence-electron chi connectivity index (χ0n) is 15.1. The number of amides is 1. The van der Waals surface area contributed by atoms with Crippen molar-refractivity contribution in [2.45, 2.75) is 63.1 Å². The van der Waals surface area contributed by atoms with Crippen molar-refractivity contribution >= 4 is 11.6 Å². The molecule has 25 heavy (non-hydrogen) atoms. The van der Waals surface area contributed by atoms with Crippen LogP contribution >= 0.6 is 0 Å². The molecule has 3 fully saturated rings. The van der Waals surface area contributed by atoms with Crippen LogP contribution in [0.1, 0.15) is 44.1 Å². The summed E-state index contributed by atoms with van der Waals surface area (Å²) in [6.07, 6.45) is 5.81. The van der Waals surface area contributed by atoms with E-state index in [4.69, 9.17) is 0 Å². The molecule has 1 spiro atoms. The Balaban J connectivity index is 1.51. The molecule has 2 heterocycles. The number of benzene rings is 1. The van der Waals surface area contributed by atoms with Crippen molar-refractivity contribution in [3.8, 4) is 0 Å². The maximum Gasteiger partial charge on any atom is 0.247 e. The van der Waals surface area contributed by atoms with E-state index in [2.05, 4.69) is 46.3 Å². The van der Waals surface area contributed by atoms with Gasteiger partial charge in [0.1, 0.15) is 5.54 Å². The summed E-state index contributed by atoms with van der Waals surface area (Å²) in [4.78, 5) is 17.4. The summed E-state index contributed by atoms with van der Waals surface area (Å²) in [5.41, 5.74) is 1.93. The third kappa shape index (κ3) is 2.93. The van der Waals surface area contributed by atoms with Gasteiger partial charge in [-0.2, -0.15) is 0 Å². The highest BCUT2D eigenvalue weighted by molar-refractivity contribution is 5.93. The highest BCUT2D eigenvalue weighted by atomic mass is 16.3. The molecule has 0 bridgehead atoms. The zero-order valence-corrected chi connectivity index (χ0v) is 15.1. The molecule has 1 saturated carbocycles. The van der Waals surface area contributed by atoms with E-state index >= 15 is 0 Å². The monoisotopic (exact) mass is 343 g/mol. The Hall–Kier alpha value is -1.59. The SMILES string of the molecule is Cc1ccc(N2CNC(=O)C23CCN([C@H]2CCCC[C@@H]2O)CC3)cc1. The molecule has 0 aromatic heterocycles. The fourth-order valence-corrected chi connectivity index (χ4v) is 4.89. The van der Waals surface area contributed by atoms with Crippen molar-refractivity contribution in [3.63, 3.8) is 0 Å². The van der Waals surface area contributed by atoms with Crippen LogP contribution in [0.15, 0.2) is 24.3 Å². The average Bonchev–Trinajstić information content (AvgIpc) is 2.94. The predicted octanol–water partition coefficient (Wildman–Crippen LogP) is 2.03. The van der Waals surface area contributed by atoms with Gasteiger partial charge in [0.05, 0.1) is 12.8 Å². The first-order chi connectivity index (χ1) is 12.1. The van der Waals surface area contributed by atoms with Crippen LogP contribution in [0.25, 0.3) is 0 Å². The van der Waals surface area contributed by atoms with E-state index in [-0.39, 0.29) is 18.1 Å². The van der Waals surface area contributed by atoms with E-state index < -0.39 is 5.54 Å². The Morgan fingerprint density at radius 3 is 2.48 bits per heavy atom. The summed E-state index contributed by atoms with van der Waals surface area (Å²) in [6, 6.07) is 8.74. The minimum Gasteiger partial charge on any atom is -0.391 e. The molecule has 5 heteroatoms. The quantitative estimate of drug-likeness (QED) is 0.863. The van der Waals surface area contributed by atoms with E-state index in [1.807, 2.05) is 0 Å². The van der Waals surface area contributed by atoms with E-state index in [1.165, 1.54) is 12.0 Å². The third-order valence-electron chi connectivity index (χ3n) is 6.47. The topological polar surface area (TPSA) is 55.8 Å². The van der Waals surface area contributed by atoms with Crippen LogP contribution in [0.5, 0.6) is 0 Å². The number of nitrogens with one attached hydrogen (secondary N) is 1. The maximum absolute atomic E-state index is 12.7. The minimum absolute atomic E-state index is 0.164. The summed E-state index contributed by atoms with van der Waals surface area (Å²) in [7, 11) is 0. The number of piperidine rings is 1. The first kappa shape index (κ1) is 16.9. The summed E-state index contributed by atoms with van der Waals surface area (Å²) >= 11 is 0. The summed E-state index contributed by atoms with van der Waals surface area (Å²) in [5.74, 6) is 0.164. The molecule has 4 rings (SSSR count). The molecule has 0 radical (unpaired) electrons. The zero-order chi connectivity index (χ0) is 17.4. The first-order valence-corrected chi connectivity index (χ1v) is 9.65. The van der Waals surface area contributed by atoms with Gasteiger partial charge < -0.3 is 15.3 Å². The molecular weight excluding hydrogens is 314 g/mol. The van der Waals surface area contributed by atoms with Crippen LogP contribution in [-0.2, 0) is 4.79 Å². The number of hydrogen-bond acceptors (Lipinski definition) is 4. The normalized spacial score (nSPS) is 29.8. The molecule has 1 aromatic carbocycles. The highest BCUT2D eigenvalue weighted by Gasteiger charge is 2.51. The van der Waals surface area contributed by atoms with E-state index in [0.717, 1.165) is 50.9 Å². The number of carbonyl (C=O) groups excluding carboxylic acids is 1. The van der Waals surface area contributed by atoms with Crippen molar-refractivity contribution in [1.29, 1.82) is 0 Å². The van der Waals surface area contributed by atoms with Crippen molar-refractivity contribution in [2.24, 2.45) is 0 Å². The molecule has 136 valence electrons. The largest absolute Gasteiger partial charge is 0.391 e. The van der Waals surface area contributed by atoms with Gasteiger partial charge in [0, 0.05) is 24.8 Å². The van der Waals surface area contributed by atoms with Crippen LogP contribution in [0.4, 0.5) is 5.69 Å². The number of aliphatic hydroxyl groups is 1. The number of aliphatic hydroxyl groups excluding tert-OH is 1. The Bertz CT molecular complexity index is 622. The second-order valence-electron chi connectivity index (χ2n) is 7.91. The Morgan fingerprint density at radius 1 is 1.12 bits per heavy atom. The Labute approximate surface area is 150 Å². The molecule has 1 aliphatic carbocycles. The van der Waals surface area contributed by atoms with E-state index in [9.17, 15) is 9.90 Å². The summed E-state index contributed by atoms with van der Waals surface area (Å²) in [5, 5.41) is 13.4. The average molecular weight is 343 g/mol. The highest BCUT2D eigenvalue weighted by Crippen LogP contribution is 2.38. The van der Waals surface area contributed by atoms with Gasteiger partial charge in [-0.15, -0.1) is 0 Å². The maximum atomic E-state index is 12.7. The smallest absolute Gasteiger partial charge is 0.247 e. The van der Waals surface area contributed by atoms with Gasteiger partial charge in [0.2, 0.25) is 5.91 Å². The number of aryl methyl sites for hydroxylation is 1. The lowest BCUT2D eigenvalue weighted by atomic mass is 9.83. The van der Waals surface area contributed by atoms with Gasteiger partial charge in [-0.3, -0.25) is 9.69 Å². The van der Waals surface area contributed by atoms with Crippen molar-refractivity contribution in [1.82, 2.24) is 10.2 Å². The lowest BCUT2D eigenvalue weighted by Crippen LogP contribution is -2.59. The van der Waals surface area contributed by atoms with Crippen LogP contribution in [0.3, 0.4) is 0 Å². The van der Waals surface area contributed by atoms with Gasteiger partial charge in [0.15, 0.2) is 0 Å². The second-order valence-corrected chi connectivity index (χ2v) is 7.91. The molecular formula is C20H29N3O2. The van der Waals surface area contributed by atoms with Crippen molar-refractivity contribution < 1.29 is 9.90 Å². The molecule has 2 aliphatic heterocycles. The number of rotatable bonds is 2. The number of nitrogens with zero attached hydrogens (tertiary/aromatic N) is 2. The fourth-order valence-electron chi connectivity index (χ4n) is 4.89. The van der Waals surface area contributed by atoms with Crippen molar-refractivity contribution in [3.05, 3.63) is 29.8 Å². The molecule has 2 saturated heterocycles. The third-order valence-corrected chi connectivity index (χ3v) is 6.47. The van der Waals surface area contributed by atoms with Crippen molar-refractivity contribution in [2.75, 3.05) is 24.7 Å². The summed E-state index contributed by atoms with van der Waals surface area (Å²) < 4.78 is 0. The Kier molecular flexibility index (Phi) is 4.46. The number of hydrogen-bond donors (Lipinski definition) is 2. The lowest BCUT2D eigenvalue weighted by Gasteiger charge is -2.47. The van der Waals surface area contributed by atoms with Gasteiger partial charge >= 0.3 is 0 Å². The Morgan fingerprint density at radius 2 is 1.80 bits per heavy atom. The minimum atomic E-state index is -0.425. The number of likely N-dealkylation sites (tertiary alicyclic amines) is 1. The summed E-state index contributed by atoms with van der Waals surface area (Å²) in [6.45, 7) is 4.45. The van der Waals surface area contributed by atoms with Gasteiger partial charge in [-0.1, -0.05) is 30.5 Å². The van der Waals surface area contributed by atoms with Gasteiger partial charge in [0.25, 0.3) is 0 Å². The molecule has 0 unspecified atom stereocenters. The molecule has 1 amide bonds. The number of carbonyl (C=O) groups is 1. The first-order valence-electron chi connectivity index (χ1n) is 9.65. The molecule has 1 aromatic rings.